The van der Waals surface area contributed by atoms with Gasteiger partial charge in [0.25, 0.3) is 5.91 Å². The smallest absolute Gasteiger partial charge is 0.274 e. The zero-order chi connectivity index (χ0) is 17.1. The van der Waals surface area contributed by atoms with Gasteiger partial charge in [0, 0.05) is 36.1 Å². The largest absolute Gasteiger partial charge is 0.476 e. The number of rotatable bonds is 6. The molecule has 0 aliphatic heterocycles. The molecule has 7 nitrogen and oxygen atoms in total. The summed E-state index contributed by atoms with van der Waals surface area (Å²) in [6, 6.07) is 3.45. The summed E-state index contributed by atoms with van der Waals surface area (Å²) in [5, 5.41) is 4.79. The van der Waals surface area contributed by atoms with Crippen molar-refractivity contribution in [3.63, 3.8) is 0 Å². The molecule has 1 amide bonds. The average Bonchev–Trinajstić information content (AvgIpc) is 3.06. The van der Waals surface area contributed by atoms with Gasteiger partial charge in [-0.15, -0.1) is 11.3 Å². The molecule has 3 aromatic heterocycles. The lowest BCUT2D eigenvalue weighted by molar-refractivity contribution is 0.102. The first-order valence-electron chi connectivity index (χ1n) is 7.51. The summed E-state index contributed by atoms with van der Waals surface area (Å²) in [4.78, 5) is 24.0. The van der Waals surface area contributed by atoms with Crippen molar-refractivity contribution in [3.8, 4) is 5.88 Å². The van der Waals surface area contributed by atoms with Crippen LogP contribution in [0.5, 0.6) is 5.88 Å². The van der Waals surface area contributed by atoms with Gasteiger partial charge in [-0.2, -0.15) is 0 Å². The van der Waals surface area contributed by atoms with Gasteiger partial charge in [-0.3, -0.25) is 9.20 Å². The molecule has 0 saturated carbocycles. The van der Waals surface area contributed by atoms with E-state index in [1.807, 2.05) is 37.5 Å². The molecular weight excluding hydrogens is 326 g/mol. The Morgan fingerprint density at radius 3 is 3.08 bits per heavy atom. The maximum Gasteiger partial charge on any atom is 0.274 e. The van der Waals surface area contributed by atoms with Crippen LogP contribution in [-0.4, -0.2) is 52.4 Å². The molecule has 3 aromatic rings. The van der Waals surface area contributed by atoms with Crippen LogP contribution >= 0.6 is 11.3 Å². The van der Waals surface area contributed by atoms with Gasteiger partial charge in [-0.25, -0.2) is 9.97 Å². The van der Waals surface area contributed by atoms with Crippen LogP contribution in [0.1, 0.15) is 16.2 Å². The van der Waals surface area contributed by atoms with Crippen molar-refractivity contribution in [2.45, 2.75) is 6.92 Å². The average molecular weight is 345 g/mol. The number of fused-ring (bicyclic) bond motifs is 1. The Kier molecular flexibility index (Phi) is 4.77. The van der Waals surface area contributed by atoms with Crippen LogP contribution in [0.2, 0.25) is 0 Å². The molecule has 8 heteroatoms. The number of amides is 1. The number of likely N-dealkylation sites (N-methyl/N-ethyl adjacent to an activating group) is 1. The molecule has 0 radical (unpaired) electrons. The van der Waals surface area contributed by atoms with Gasteiger partial charge in [0.2, 0.25) is 5.88 Å². The third-order valence-electron chi connectivity index (χ3n) is 3.43. The van der Waals surface area contributed by atoms with E-state index in [9.17, 15) is 4.79 Å². The van der Waals surface area contributed by atoms with E-state index in [0.29, 0.717) is 29.6 Å². The Labute approximate surface area is 143 Å². The van der Waals surface area contributed by atoms with E-state index in [4.69, 9.17) is 4.74 Å². The molecular formula is C16H19N5O2S. The third-order valence-corrected chi connectivity index (χ3v) is 4.19. The molecule has 3 heterocycles. The number of anilines is 1. The highest BCUT2D eigenvalue weighted by molar-refractivity contribution is 7.15. The van der Waals surface area contributed by atoms with Gasteiger partial charge >= 0.3 is 0 Å². The van der Waals surface area contributed by atoms with Gasteiger partial charge in [0.15, 0.2) is 4.96 Å². The van der Waals surface area contributed by atoms with Crippen LogP contribution in [0.4, 0.5) is 5.69 Å². The maximum absolute atomic E-state index is 12.6. The molecule has 0 bridgehead atoms. The second kappa shape index (κ2) is 6.98. The lowest BCUT2D eigenvalue weighted by Crippen LogP contribution is -2.20. The van der Waals surface area contributed by atoms with Crippen molar-refractivity contribution in [2.75, 3.05) is 32.6 Å². The molecule has 0 atom stereocenters. The fourth-order valence-corrected chi connectivity index (χ4v) is 3.02. The Hall–Kier alpha value is -2.45. The van der Waals surface area contributed by atoms with E-state index in [0.717, 1.165) is 11.5 Å². The predicted octanol–water partition coefficient (Wildman–Crippen LogP) is 2.29. The van der Waals surface area contributed by atoms with Crippen LogP contribution in [0.15, 0.2) is 29.9 Å². The highest BCUT2D eigenvalue weighted by Crippen LogP contribution is 2.19. The summed E-state index contributed by atoms with van der Waals surface area (Å²) >= 11 is 1.50. The number of nitrogens with zero attached hydrogens (tertiary/aromatic N) is 4. The van der Waals surface area contributed by atoms with E-state index < -0.39 is 0 Å². The number of thiazole rings is 1. The molecule has 0 saturated heterocycles. The van der Waals surface area contributed by atoms with Crippen LogP contribution in [-0.2, 0) is 0 Å². The maximum atomic E-state index is 12.6. The lowest BCUT2D eigenvalue weighted by Gasteiger charge is -2.11. The first-order valence-corrected chi connectivity index (χ1v) is 8.39. The Balaban J connectivity index is 1.72. The van der Waals surface area contributed by atoms with Crippen molar-refractivity contribution >= 4 is 27.9 Å². The first-order chi connectivity index (χ1) is 11.5. The molecule has 0 spiro atoms. The number of imidazole rings is 1. The number of aromatic nitrogens is 3. The zero-order valence-corrected chi connectivity index (χ0v) is 14.6. The quantitative estimate of drug-likeness (QED) is 0.742. The summed E-state index contributed by atoms with van der Waals surface area (Å²) in [6.45, 7) is 3.16. The lowest BCUT2D eigenvalue weighted by atomic mass is 10.3. The number of pyridine rings is 1. The summed E-state index contributed by atoms with van der Waals surface area (Å²) < 4.78 is 7.39. The number of hydrogen-bond donors (Lipinski definition) is 1. The van der Waals surface area contributed by atoms with Crippen LogP contribution in [0, 0.1) is 6.92 Å². The van der Waals surface area contributed by atoms with E-state index in [2.05, 4.69) is 15.3 Å². The van der Waals surface area contributed by atoms with Crippen molar-refractivity contribution < 1.29 is 9.53 Å². The predicted molar refractivity (Wildman–Crippen MR) is 94.0 cm³/mol. The zero-order valence-electron chi connectivity index (χ0n) is 13.8. The van der Waals surface area contributed by atoms with Gasteiger partial charge in [-0.1, -0.05) is 0 Å². The van der Waals surface area contributed by atoms with Gasteiger partial charge in [0.05, 0.1) is 5.69 Å². The first kappa shape index (κ1) is 16.4. The number of aryl methyl sites for hydroxylation is 1. The number of ether oxygens (including phenoxy) is 1. The standard InChI is InChI=1S/C16H19N5O2S/c1-11-14(21-7-9-24-16(21)18-11)15(22)19-12-4-5-17-13(10-12)23-8-6-20(2)3/h4-5,7,9-10H,6,8H2,1-3H3,(H,17,19,22). The van der Waals surface area contributed by atoms with Gasteiger partial charge in [0.1, 0.15) is 12.3 Å². The van der Waals surface area contributed by atoms with Gasteiger partial charge < -0.3 is 15.0 Å². The molecule has 0 unspecified atom stereocenters. The molecule has 0 aromatic carbocycles. The molecule has 24 heavy (non-hydrogen) atoms. The number of carbonyl (C=O) groups excluding carboxylic acids is 1. The highest BCUT2D eigenvalue weighted by Gasteiger charge is 2.17. The number of carbonyl (C=O) groups is 1. The molecule has 0 aliphatic carbocycles. The molecule has 0 fully saturated rings. The summed E-state index contributed by atoms with van der Waals surface area (Å²) in [6.07, 6.45) is 3.46. The molecule has 1 N–H and O–H groups in total. The number of nitrogens with one attached hydrogen (secondary N) is 1. The van der Waals surface area contributed by atoms with Crippen LogP contribution in [0.25, 0.3) is 4.96 Å². The molecule has 0 aliphatic rings. The number of hydrogen-bond acceptors (Lipinski definition) is 6. The van der Waals surface area contributed by atoms with Gasteiger partial charge in [-0.05, 0) is 27.1 Å². The SMILES string of the molecule is Cc1nc2sccn2c1C(=O)Nc1ccnc(OCCN(C)C)c1. The summed E-state index contributed by atoms with van der Waals surface area (Å²) in [5.41, 5.74) is 1.88. The monoisotopic (exact) mass is 345 g/mol. The Morgan fingerprint density at radius 2 is 2.29 bits per heavy atom. The summed E-state index contributed by atoms with van der Waals surface area (Å²) in [7, 11) is 3.96. The van der Waals surface area contributed by atoms with Crippen molar-refractivity contribution in [1.82, 2.24) is 19.3 Å². The van der Waals surface area contributed by atoms with Crippen LogP contribution in [0.3, 0.4) is 0 Å². The van der Waals surface area contributed by atoms with E-state index >= 15 is 0 Å². The molecule has 3 rings (SSSR count). The van der Waals surface area contributed by atoms with Crippen molar-refractivity contribution in [1.29, 1.82) is 0 Å². The second-order valence-electron chi connectivity index (χ2n) is 5.59. The third kappa shape index (κ3) is 3.55. The minimum Gasteiger partial charge on any atom is -0.476 e. The highest BCUT2D eigenvalue weighted by atomic mass is 32.1. The van der Waals surface area contributed by atoms with E-state index in [1.54, 1.807) is 22.7 Å². The van der Waals surface area contributed by atoms with Crippen molar-refractivity contribution in [2.24, 2.45) is 0 Å². The van der Waals surface area contributed by atoms with Crippen molar-refractivity contribution in [3.05, 3.63) is 41.3 Å². The fourth-order valence-electron chi connectivity index (χ4n) is 2.26. The normalized spacial score (nSPS) is 11.2. The van der Waals surface area contributed by atoms with E-state index in [-0.39, 0.29) is 5.91 Å². The minimum atomic E-state index is -0.205. The molecule has 126 valence electrons. The van der Waals surface area contributed by atoms with E-state index in [1.165, 1.54) is 11.3 Å². The Bertz CT molecular complexity index is 855. The minimum absolute atomic E-state index is 0.205. The summed E-state index contributed by atoms with van der Waals surface area (Å²) in [5.74, 6) is 0.282. The Morgan fingerprint density at radius 1 is 1.46 bits per heavy atom. The van der Waals surface area contributed by atoms with Crippen LogP contribution < -0.4 is 10.1 Å². The second-order valence-corrected chi connectivity index (χ2v) is 6.46. The topological polar surface area (TPSA) is 71.8 Å². The fraction of sp³-hybridized carbons (Fsp3) is 0.312.